The number of nitrogens with zero attached hydrogens (tertiary/aromatic N) is 2. The monoisotopic (exact) mass is 343 g/mol. The van der Waals surface area contributed by atoms with E-state index in [1.807, 2.05) is 35.2 Å². The summed E-state index contributed by atoms with van der Waals surface area (Å²) in [6, 6.07) is 9.14. The zero-order chi connectivity index (χ0) is 17.8. The molecule has 0 saturated carbocycles. The summed E-state index contributed by atoms with van der Waals surface area (Å²) in [4.78, 5) is 40.5. The maximum Gasteiger partial charge on any atom is 0.245 e. The van der Waals surface area contributed by atoms with Crippen LogP contribution >= 0.6 is 0 Å². The van der Waals surface area contributed by atoms with Crippen LogP contribution in [0.25, 0.3) is 0 Å². The fourth-order valence-electron chi connectivity index (χ4n) is 3.54. The predicted molar refractivity (Wildman–Crippen MR) is 93.6 cm³/mol. The van der Waals surface area contributed by atoms with Gasteiger partial charge in [0.1, 0.15) is 6.04 Å². The van der Waals surface area contributed by atoms with E-state index in [0.29, 0.717) is 13.0 Å². The Labute approximate surface area is 148 Å². The van der Waals surface area contributed by atoms with Crippen LogP contribution in [0.3, 0.4) is 0 Å². The van der Waals surface area contributed by atoms with Crippen LogP contribution in [0.2, 0.25) is 0 Å². The SMILES string of the molecule is CN1C[C@H](C(=O)N[C@H](Cc2ccccc2)C(=O)N2CCCC2)CC1=O. The number of hydrogen-bond acceptors (Lipinski definition) is 3. The number of hydrogen-bond donors (Lipinski definition) is 1. The van der Waals surface area contributed by atoms with Gasteiger partial charge in [0.05, 0.1) is 5.92 Å². The third-order valence-electron chi connectivity index (χ3n) is 5.03. The smallest absolute Gasteiger partial charge is 0.245 e. The maximum atomic E-state index is 12.9. The summed E-state index contributed by atoms with van der Waals surface area (Å²) in [5.41, 5.74) is 1.01. The third kappa shape index (κ3) is 4.18. The predicted octanol–water partition coefficient (Wildman–Crippen LogP) is 0.815. The molecule has 0 aliphatic carbocycles. The average Bonchev–Trinajstić information content (AvgIpc) is 3.25. The van der Waals surface area contributed by atoms with Crippen LogP contribution in [-0.4, -0.2) is 60.2 Å². The van der Waals surface area contributed by atoms with Crippen molar-refractivity contribution in [1.82, 2.24) is 15.1 Å². The third-order valence-corrected chi connectivity index (χ3v) is 5.03. The zero-order valence-corrected chi connectivity index (χ0v) is 14.6. The van der Waals surface area contributed by atoms with Gasteiger partial charge in [-0.3, -0.25) is 14.4 Å². The summed E-state index contributed by atoms with van der Waals surface area (Å²) >= 11 is 0. The molecule has 25 heavy (non-hydrogen) atoms. The van der Waals surface area contributed by atoms with Crippen molar-refractivity contribution in [2.24, 2.45) is 5.92 Å². The molecule has 2 aliphatic heterocycles. The molecule has 1 aromatic rings. The zero-order valence-electron chi connectivity index (χ0n) is 14.6. The van der Waals surface area contributed by atoms with Crippen LogP contribution in [0.4, 0.5) is 0 Å². The number of carbonyl (C=O) groups excluding carboxylic acids is 3. The van der Waals surface area contributed by atoms with Crippen LogP contribution in [0.1, 0.15) is 24.8 Å². The number of rotatable bonds is 5. The highest BCUT2D eigenvalue weighted by atomic mass is 16.2. The summed E-state index contributed by atoms with van der Waals surface area (Å²) < 4.78 is 0. The van der Waals surface area contributed by atoms with Gasteiger partial charge in [-0.2, -0.15) is 0 Å². The minimum absolute atomic E-state index is 0.0209. The number of nitrogens with one attached hydrogen (secondary N) is 1. The first-order valence-corrected chi connectivity index (χ1v) is 8.91. The van der Waals surface area contributed by atoms with E-state index >= 15 is 0 Å². The molecular weight excluding hydrogens is 318 g/mol. The minimum Gasteiger partial charge on any atom is -0.345 e. The number of likely N-dealkylation sites (tertiary alicyclic amines) is 2. The van der Waals surface area contributed by atoms with Crippen molar-refractivity contribution in [2.75, 3.05) is 26.7 Å². The lowest BCUT2D eigenvalue weighted by Crippen LogP contribution is -2.50. The molecule has 0 unspecified atom stereocenters. The lowest BCUT2D eigenvalue weighted by atomic mass is 10.0. The maximum absolute atomic E-state index is 12.9. The molecule has 0 bridgehead atoms. The number of carbonyl (C=O) groups is 3. The molecule has 0 aromatic heterocycles. The van der Waals surface area contributed by atoms with Gasteiger partial charge < -0.3 is 15.1 Å². The standard InChI is InChI=1S/C19H25N3O3/c1-21-13-15(12-17(21)23)18(24)20-16(11-14-7-3-2-4-8-14)19(25)22-9-5-6-10-22/h2-4,7-8,15-16H,5-6,9-13H2,1H3,(H,20,24)/t15-,16-/m1/s1. The van der Waals surface area contributed by atoms with Crippen LogP contribution in [0.15, 0.2) is 30.3 Å². The van der Waals surface area contributed by atoms with E-state index in [2.05, 4.69) is 5.32 Å². The van der Waals surface area contributed by atoms with Crippen LogP contribution < -0.4 is 5.32 Å². The van der Waals surface area contributed by atoms with Gasteiger partial charge in [-0.15, -0.1) is 0 Å². The van der Waals surface area contributed by atoms with Gasteiger partial charge in [-0.05, 0) is 18.4 Å². The molecule has 2 fully saturated rings. The Morgan fingerprint density at radius 2 is 1.88 bits per heavy atom. The second-order valence-electron chi connectivity index (χ2n) is 6.96. The van der Waals surface area contributed by atoms with Crippen LogP contribution in [0.5, 0.6) is 0 Å². The molecule has 2 aliphatic rings. The topological polar surface area (TPSA) is 69.7 Å². The minimum atomic E-state index is -0.575. The normalized spacial score (nSPS) is 21.5. The van der Waals surface area contributed by atoms with E-state index in [0.717, 1.165) is 31.5 Å². The second kappa shape index (κ2) is 7.68. The average molecular weight is 343 g/mol. The van der Waals surface area contributed by atoms with E-state index in [-0.39, 0.29) is 30.1 Å². The van der Waals surface area contributed by atoms with Crippen molar-refractivity contribution >= 4 is 17.7 Å². The Morgan fingerprint density at radius 3 is 2.48 bits per heavy atom. The lowest BCUT2D eigenvalue weighted by molar-refractivity contribution is -0.136. The molecule has 0 radical (unpaired) electrons. The van der Waals surface area contributed by atoms with E-state index in [1.54, 1.807) is 11.9 Å². The lowest BCUT2D eigenvalue weighted by Gasteiger charge is -2.25. The Morgan fingerprint density at radius 1 is 1.20 bits per heavy atom. The van der Waals surface area contributed by atoms with Crippen molar-refractivity contribution in [3.63, 3.8) is 0 Å². The quantitative estimate of drug-likeness (QED) is 0.860. The van der Waals surface area contributed by atoms with E-state index in [1.165, 1.54) is 0 Å². The fraction of sp³-hybridized carbons (Fsp3) is 0.526. The summed E-state index contributed by atoms with van der Waals surface area (Å²) in [5.74, 6) is -0.619. The van der Waals surface area contributed by atoms with Gasteiger partial charge in [-0.1, -0.05) is 30.3 Å². The summed E-state index contributed by atoms with van der Waals surface area (Å²) in [5, 5.41) is 2.92. The molecule has 134 valence electrons. The second-order valence-corrected chi connectivity index (χ2v) is 6.96. The Kier molecular flexibility index (Phi) is 5.36. The summed E-state index contributed by atoms with van der Waals surface area (Å²) in [6.07, 6.45) is 2.72. The number of benzene rings is 1. The van der Waals surface area contributed by atoms with Gasteiger partial charge in [0, 0.05) is 39.5 Å². The van der Waals surface area contributed by atoms with Gasteiger partial charge in [0.2, 0.25) is 17.7 Å². The van der Waals surface area contributed by atoms with Crippen molar-refractivity contribution in [2.45, 2.75) is 31.7 Å². The van der Waals surface area contributed by atoms with Gasteiger partial charge in [0.25, 0.3) is 0 Å². The fourth-order valence-corrected chi connectivity index (χ4v) is 3.54. The molecule has 0 spiro atoms. The summed E-state index contributed by atoms with van der Waals surface area (Å²) in [6.45, 7) is 1.93. The molecule has 2 atom stereocenters. The van der Waals surface area contributed by atoms with Gasteiger partial charge in [0.15, 0.2) is 0 Å². The molecule has 1 aromatic carbocycles. The molecule has 2 heterocycles. The van der Waals surface area contributed by atoms with E-state index < -0.39 is 6.04 Å². The molecule has 1 N–H and O–H groups in total. The highest BCUT2D eigenvalue weighted by Gasteiger charge is 2.35. The highest BCUT2D eigenvalue weighted by molar-refractivity contribution is 5.92. The highest BCUT2D eigenvalue weighted by Crippen LogP contribution is 2.18. The molecule has 6 heteroatoms. The molecule has 2 saturated heterocycles. The Hall–Kier alpha value is -2.37. The summed E-state index contributed by atoms with van der Waals surface area (Å²) in [7, 11) is 1.70. The van der Waals surface area contributed by atoms with Crippen molar-refractivity contribution in [3.05, 3.63) is 35.9 Å². The largest absolute Gasteiger partial charge is 0.345 e. The van der Waals surface area contributed by atoms with Crippen molar-refractivity contribution < 1.29 is 14.4 Å². The van der Waals surface area contributed by atoms with Crippen LogP contribution in [0, 0.1) is 5.92 Å². The molecule has 6 nitrogen and oxygen atoms in total. The molecular formula is C19H25N3O3. The Bertz CT molecular complexity index is 641. The van der Waals surface area contributed by atoms with E-state index in [9.17, 15) is 14.4 Å². The molecule has 3 rings (SSSR count). The Balaban J connectivity index is 1.70. The first-order valence-electron chi connectivity index (χ1n) is 8.91. The van der Waals surface area contributed by atoms with Crippen molar-refractivity contribution in [1.29, 1.82) is 0 Å². The van der Waals surface area contributed by atoms with Gasteiger partial charge >= 0.3 is 0 Å². The first-order chi connectivity index (χ1) is 12.0. The van der Waals surface area contributed by atoms with Crippen molar-refractivity contribution in [3.8, 4) is 0 Å². The first kappa shape index (κ1) is 17.5. The number of amides is 3. The van der Waals surface area contributed by atoms with E-state index in [4.69, 9.17) is 0 Å². The van der Waals surface area contributed by atoms with Gasteiger partial charge in [-0.25, -0.2) is 0 Å². The van der Waals surface area contributed by atoms with Crippen LogP contribution in [-0.2, 0) is 20.8 Å². The molecule has 3 amide bonds.